The Balaban J connectivity index is 2.98. The number of hydrogen-bond donors (Lipinski definition) is 1. The fourth-order valence-corrected chi connectivity index (χ4v) is 3.46. The van der Waals surface area contributed by atoms with Gasteiger partial charge in [-0.15, -0.1) is 0 Å². The van der Waals surface area contributed by atoms with Crippen LogP contribution in [0, 0.1) is 5.92 Å². The topological polar surface area (TPSA) is 81.7 Å². The number of carboxylic acid groups (broad SMARTS) is 1. The molecule has 0 bridgehead atoms. The number of carbonyl (C=O) groups excluding carboxylic acids is 2. The molecule has 1 heterocycles. The minimum atomic E-state index is -1.37. The van der Waals surface area contributed by atoms with Gasteiger partial charge < -0.3 is 24.9 Å². The Labute approximate surface area is 143 Å². The van der Waals surface area contributed by atoms with Gasteiger partial charge in [0.25, 0.3) is 0 Å². The van der Waals surface area contributed by atoms with Crippen molar-refractivity contribution in [3.8, 4) is 0 Å². The van der Waals surface area contributed by atoms with Gasteiger partial charge in [0.1, 0.15) is 5.60 Å². The summed E-state index contributed by atoms with van der Waals surface area (Å²) < 4.78 is 5.28. The lowest BCUT2D eigenvalue weighted by molar-refractivity contribution is -0.317. The second kappa shape index (κ2) is 8.24. The molecule has 6 nitrogen and oxygen atoms in total. The van der Waals surface area contributed by atoms with Gasteiger partial charge in [-0.1, -0.05) is 0 Å². The number of thioether (sulfide) groups is 1. The largest absolute Gasteiger partial charge is 0.548 e. The van der Waals surface area contributed by atoms with Crippen LogP contribution in [0.4, 0.5) is 4.79 Å². The summed E-state index contributed by atoms with van der Waals surface area (Å²) in [5.74, 6) is -0.730. The van der Waals surface area contributed by atoms with E-state index in [-0.39, 0.29) is 5.92 Å². The molecule has 0 radical (unpaired) electrons. The van der Waals surface area contributed by atoms with Gasteiger partial charge in [-0.3, -0.25) is 0 Å². The predicted molar refractivity (Wildman–Crippen MR) is 90.3 cm³/mol. The number of piperidine rings is 1. The molecule has 134 valence electrons. The molecular weight excluding hydrogens is 316 g/mol. The highest BCUT2D eigenvalue weighted by atomic mass is 32.2. The number of hydrogen-bond acceptors (Lipinski definition) is 6. The number of carbonyl (C=O) groups is 2. The molecule has 23 heavy (non-hydrogen) atoms. The van der Waals surface area contributed by atoms with Crippen molar-refractivity contribution in [2.45, 2.75) is 51.2 Å². The maximum atomic E-state index is 12.2. The molecule has 1 saturated heterocycles. The Morgan fingerprint density at radius 3 is 2.30 bits per heavy atom. The maximum Gasteiger partial charge on any atom is 0.408 e. The van der Waals surface area contributed by atoms with E-state index in [2.05, 4.69) is 10.2 Å². The van der Waals surface area contributed by atoms with Crippen molar-refractivity contribution < 1.29 is 19.4 Å². The Morgan fingerprint density at radius 1 is 1.30 bits per heavy atom. The van der Waals surface area contributed by atoms with E-state index >= 15 is 0 Å². The number of nitrogens with one attached hydrogen (secondary N) is 1. The standard InChI is InChI=1S/C16H30N2O4S/c1-15(2,3)22-14(21)17-16(13(19)20,8-11-23-5)12-6-9-18(4)10-7-12/h12H,6-11H2,1-5H3,(H,17,21)(H,19,20)/p-1. The van der Waals surface area contributed by atoms with Crippen LogP contribution in [0.3, 0.4) is 0 Å². The summed E-state index contributed by atoms with van der Waals surface area (Å²) in [6, 6.07) is 0. The number of amides is 1. The highest BCUT2D eigenvalue weighted by Crippen LogP contribution is 2.32. The molecular formula is C16H29N2O4S-. The normalized spacial score (nSPS) is 19.9. The lowest BCUT2D eigenvalue weighted by Gasteiger charge is -2.45. The van der Waals surface area contributed by atoms with Crippen molar-refractivity contribution >= 4 is 23.8 Å². The van der Waals surface area contributed by atoms with Crippen LogP contribution < -0.4 is 10.4 Å². The number of likely N-dealkylation sites (tertiary alicyclic amines) is 1. The first-order valence-electron chi connectivity index (χ1n) is 8.01. The van der Waals surface area contributed by atoms with Crippen molar-refractivity contribution in [1.29, 1.82) is 0 Å². The van der Waals surface area contributed by atoms with E-state index in [1.165, 1.54) is 0 Å². The molecule has 0 aromatic heterocycles. The Bertz CT molecular complexity index is 417. The molecule has 1 rings (SSSR count). The number of nitrogens with zero attached hydrogens (tertiary/aromatic N) is 1. The molecule has 0 aromatic carbocycles. The van der Waals surface area contributed by atoms with Crippen LogP contribution >= 0.6 is 11.8 Å². The molecule has 1 fully saturated rings. The lowest BCUT2D eigenvalue weighted by atomic mass is 9.76. The molecule has 7 heteroatoms. The summed E-state index contributed by atoms with van der Waals surface area (Å²) in [5.41, 5.74) is -2.04. The Morgan fingerprint density at radius 2 is 1.87 bits per heavy atom. The average Bonchev–Trinajstić information content (AvgIpc) is 2.42. The predicted octanol–water partition coefficient (Wildman–Crippen LogP) is 1.09. The van der Waals surface area contributed by atoms with Gasteiger partial charge in [0.15, 0.2) is 0 Å². The first kappa shape index (κ1) is 20.1. The van der Waals surface area contributed by atoms with Crippen molar-refractivity contribution in [3.63, 3.8) is 0 Å². The third-order valence-electron chi connectivity index (χ3n) is 4.20. The third kappa shape index (κ3) is 5.88. The Kier molecular flexibility index (Phi) is 7.20. The fourth-order valence-electron chi connectivity index (χ4n) is 2.94. The number of carboxylic acids is 1. The molecule has 1 aliphatic rings. The van der Waals surface area contributed by atoms with Crippen molar-refractivity contribution in [3.05, 3.63) is 0 Å². The molecule has 0 aromatic rings. The lowest BCUT2D eigenvalue weighted by Crippen LogP contribution is -2.66. The van der Waals surface area contributed by atoms with Crippen molar-refractivity contribution in [1.82, 2.24) is 10.2 Å². The molecule has 0 spiro atoms. The zero-order valence-electron chi connectivity index (χ0n) is 14.8. The highest BCUT2D eigenvalue weighted by Gasteiger charge is 2.43. The van der Waals surface area contributed by atoms with Gasteiger partial charge in [-0.25, -0.2) is 4.79 Å². The smallest absolute Gasteiger partial charge is 0.408 e. The minimum Gasteiger partial charge on any atom is -0.548 e. The molecule has 1 amide bonds. The number of ether oxygens (including phenoxy) is 1. The van der Waals surface area contributed by atoms with Crippen molar-refractivity contribution in [2.75, 3.05) is 32.1 Å². The van der Waals surface area contributed by atoms with E-state index < -0.39 is 23.2 Å². The monoisotopic (exact) mass is 345 g/mol. The molecule has 1 N–H and O–H groups in total. The fraction of sp³-hybridized carbons (Fsp3) is 0.875. The van der Waals surface area contributed by atoms with Crippen molar-refractivity contribution in [2.24, 2.45) is 5.92 Å². The van der Waals surface area contributed by atoms with Gasteiger partial charge in [0.05, 0.1) is 11.5 Å². The van der Waals surface area contributed by atoms with Crippen LogP contribution in [-0.4, -0.2) is 60.2 Å². The number of alkyl carbamates (subject to hydrolysis) is 1. The van der Waals surface area contributed by atoms with Gasteiger partial charge in [-0.2, -0.15) is 11.8 Å². The first-order valence-corrected chi connectivity index (χ1v) is 9.40. The molecule has 0 saturated carbocycles. The summed E-state index contributed by atoms with van der Waals surface area (Å²) in [7, 11) is 2.01. The third-order valence-corrected chi connectivity index (χ3v) is 4.82. The van der Waals surface area contributed by atoms with E-state index in [0.29, 0.717) is 25.0 Å². The molecule has 0 aliphatic carbocycles. The first-order chi connectivity index (χ1) is 10.6. The summed E-state index contributed by atoms with van der Waals surface area (Å²) >= 11 is 1.56. The quantitative estimate of drug-likeness (QED) is 0.776. The van der Waals surface area contributed by atoms with Gasteiger partial charge in [0, 0.05) is 0 Å². The maximum absolute atomic E-state index is 12.2. The zero-order chi connectivity index (χ0) is 17.7. The Hall–Kier alpha value is -0.950. The summed E-state index contributed by atoms with van der Waals surface area (Å²) in [6.07, 6.45) is 3.00. The van der Waals surface area contributed by atoms with Crippen LogP contribution in [0.5, 0.6) is 0 Å². The minimum absolute atomic E-state index is 0.150. The summed E-state index contributed by atoms with van der Waals surface area (Å²) in [4.78, 5) is 26.4. The highest BCUT2D eigenvalue weighted by molar-refractivity contribution is 7.98. The van der Waals surface area contributed by atoms with Crippen LogP contribution in [0.25, 0.3) is 0 Å². The number of aliphatic carboxylic acids is 1. The van der Waals surface area contributed by atoms with E-state index in [9.17, 15) is 14.7 Å². The van der Waals surface area contributed by atoms with Gasteiger partial charge in [-0.05, 0) is 78.1 Å². The zero-order valence-corrected chi connectivity index (χ0v) is 15.6. The van der Waals surface area contributed by atoms with E-state index in [4.69, 9.17) is 4.74 Å². The van der Waals surface area contributed by atoms with E-state index in [1.54, 1.807) is 32.5 Å². The van der Waals surface area contributed by atoms with Crippen LogP contribution in [-0.2, 0) is 9.53 Å². The second-order valence-corrected chi connectivity index (χ2v) is 8.19. The van der Waals surface area contributed by atoms with Crippen LogP contribution in [0.2, 0.25) is 0 Å². The molecule has 1 unspecified atom stereocenters. The second-order valence-electron chi connectivity index (χ2n) is 7.21. The van der Waals surface area contributed by atoms with Gasteiger partial charge in [0.2, 0.25) is 0 Å². The van der Waals surface area contributed by atoms with E-state index in [1.807, 2.05) is 13.3 Å². The summed E-state index contributed by atoms with van der Waals surface area (Å²) in [5, 5.41) is 14.7. The van der Waals surface area contributed by atoms with E-state index in [0.717, 1.165) is 13.1 Å². The van der Waals surface area contributed by atoms with Crippen LogP contribution in [0.15, 0.2) is 0 Å². The van der Waals surface area contributed by atoms with Gasteiger partial charge >= 0.3 is 6.09 Å². The van der Waals surface area contributed by atoms with Crippen LogP contribution in [0.1, 0.15) is 40.0 Å². The number of rotatable bonds is 6. The SMILES string of the molecule is CSCCC(NC(=O)OC(C)(C)C)(C(=O)[O-])C1CCN(C)CC1. The summed E-state index contributed by atoms with van der Waals surface area (Å²) in [6.45, 7) is 6.89. The molecule has 1 aliphatic heterocycles. The molecule has 1 atom stereocenters. The average molecular weight is 345 g/mol.